The van der Waals surface area contributed by atoms with Crippen molar-refractivity contribution in [1.29, 1.82) is 0 Å². The number of furan rings is 1. The fourth-order valence-corrected chi connectivity index (χ4v) is 4.45. The predicted octanol–water partition coefficient (Wildman–Crippen LogP) is 4.20. The maximum Gasteiger partial charge on any atom is 0.274 e. The lowest BCUT2D eigenvalue weighted by atomic mass is 10.1. The highest BCUT2D eigenvalue weighted by atomic mass is 35.5. The Kier molecular flexibility index (Phi) is 3.82. The molecule has 3 aromatic rings. The molecule has 1 aliphatic carbocycles. The predicted molar refractivity (Wildman–Crippen MR) is 89.0 cm³/mol. The van der Waals surface area contributed by atoms with Gasteiger partial charge in [0.25, 0.3) is 10.0 Å². The topological polar surface area (TPSA) is 59.3 Å². The van der Waals surface area contributed by atoms with Gasteiger partial charge < -0.3 is 4.42 Å². The van der Waals surface area contributed by atoms with Gasteiger partial charge in [0.05, 0.1) is 0 Å². The molecule has 25 heavy (non-hydrogen) atoms. The van der Waals surface area contributed by atoms with Crippen LogP contribution in [0.15, 0.2) is 52.0 Å². The molecule has 130 valence electrons. The van der Waals surface area contributed by atoms with Crippen molar-refractivity contribution >= 4 is 32.6 Å². The second-order valence-electron chi connectivity index (χ2n) is 5.95. The molecule has 2 aromatic carbocycles. The lowest BCUT2D eigenvalue weighted by Gasteiger charge is -2.06. The van der Waals surface area contributed by atoms with Crippen LogP contribution in [0.2, 0.25) is 5.02 Å². The zero-order valence-corrected chi connectivity index (χ0v) is 14.2. The number of sulfonamides is 1. The molecule has 4 rings (SSSR count). The number of fused-ring (bicyclic) bond motifs is 1. The Balaban J connectivity index is 1.58. The maximum absolute atomic E-state index is 13.9. The molecule has 8 heteroatoms. The summed E-state index contributed by atoms with van der Waals surface area (Å²) in [6.07, 6.45) is 0.439. The molecule has 1 fully saturated rings. The first kappa shape index (κ1) is 16.5. The summed E-state index contributed by atoms with van der Waals surface area (Å²) in [7, 11) is -3.94. The zero-order chi connectivity index (χ0) is 17.8. The summed E-state index contributed by atoms with van der Waals surface area (Å²) in [5.41, 5.74) is 0.579. The molecule has 0 unspecified atom stereocenters. The summed E-state index contributed by atoms with van der Waals surface area (Å²) in [5, 5.41) is 0.314. The normalized spacial score (nSPS) is 20.1. The quantitative estimate of drug-likeness (QED) is 0.734. The average molecular weight is 384 g/mol. The van der Waals surface area contributed by atoms with Crippen LogP contribution in [0.4, 0.5) is 8.78 Å². The highest BCUT2D eigenvalue weighted by Gasteiger charge is 2.44. The molecule has 2 atom stereocenters. The summed E-state index contributed by atoms with van der Waals surface area (Å²) in [6.45, 7) is 0. The maximum atomic E-state index is 13.9. The second kappa shape index (κ2) is 5.79. The smallest absolute Gasteiger partial charge is 0.274 e. The molecule has 0 spiro atoms. The highest BCUT2D eigenvalue weighted by Crippen LogP contribution is 2.45. The molecule has 1 aliphatic rings. The lowest BCUT2D eigenvalue weighted by Crippen LogP contribution is -2.26. The van der Waals surface area contributed by atoms with E-state index >= 15 is 0 Å². The minimum Gasteiger partial charge on any atom is -0.443 e. The molecular weight excluding hydrogens is 372 g/mol. The van der Waals surface area contributed by atoms with Crippen LogP contribution >= 0.6 is 11.6 Å². The Bertz CT molecular complexity index is 1060. The molecule has 0 saturated heterocycles. The van der Waals surface area contributed by atoms with Crippen molar-refractivity contribution < 1.29 is 21.6 Å². The third kappa shape index (κ3) is 3.03. The number of rotatable bonds is 4. The highest BCUT2D eigenvalue weighted by molar-refractivity contribution is 7.89. The van der Waals surface area contributed by atoms with Crippen LogP contribution in [0, 0.1) is 11.6 Å². The van der Waals surface area contributed by atoms with E-state index < -0.39 is 27.7 Å². The van der Waals surface area contributed by atoms with Gasteiger partial charge in [-0.15, -0.1) is 0 Å². The van der Waals surface area contributed by atoms with Gasteiger partial charge in [0.2, 0.25) is 5.09 Å². The standard InChI is InChI=1S/C17H12ClF2NO3S/c18-12-2-1-3-13(20)17(12)11-8-14(11)21-25(22,23)16-7-9-6-10(19)4-5-15(9)24-16/h1-7,11,14,21H,8H2/t11-,14-/m1/s1. The van der Waals surface area contributed by atoms with E-state index in [9.17, 15) is 17.2 Å². The molecule has 1 aromatic heterocycles. The molecule has 1 N–H and O–H groups in total. The molecule has 1 saturated carbocycles. The first-order valence-electron chi connectivity index (χ1n) is 7.50. The van der Waals surface area contributed by atoms with E-state index in [4.69, 9.17) is 16.0 Å². The lowest BCUT2D eigenvalue weighted by molar-refractivity contribution is 0.474. The molecule has 0 aliphatic heterocycles. The summed E-state index contributed by atoms with van der Waals surface area (Å²) in [4.78, 5) is 0. The first-order chi connectivity index (χ1) is 11.8. The van der Waals surface area contributed by atoms with E-state index in [2.05, 4.69) is 4.72 Å². The van der Waals surface area contributed by atoms with Gasteiger partial charge in [-0.25, -0.2) is 21.9 Å². The van der Waals surface area contributed by atoms with E-state index in [-0.39, 0.29) is 21.6 Å². The monoisotopic (exact) mass is 383 g/mol. The van der Waals surface area contributed by atoms with E-state index in [1.807, 2.05) is 0 Å². The summed E-state index contributed by atoms with van der Waals surface area (Å²) >= 11 is 6.02. The van der Waals surface area contributed by atoms with Crippen LogP contribution in [0.5, 0.6) is 0 Å². The van der Waals surface area contributed by atoms with E-state index in [0.29, 0.717) is 17.4 Å². The largest absolute Gasteiger partial charge is 0.443 e. The van der Waals surface area contributed by atoms with E-state index in [1.54, 1.807) is 6.07 Å². The third-order valence-corrected chi connectivity index (χ3v) is 5.86. The van der Waals surface area contributed by atoms with Crippen LogP contribution in [-0.2, 0) is 10.0 Å². The van der Waals surface area contributed by atoms with Gasteiger partial charge in [-0.2, -0.15) is 0 Å². The van der Waals surface area contributed by atoms with Crippen molar-refractivity contribution in [1.82, 2.24) is 4.72 Å². The zero-order valence-electron chi connectivity index (χ0n) is 12.7. The van der Waals surface area contributed by atoms with Gasteiger partial charge in [-0.1, -0.05) is 17.7 Å². The number of halogens is 3. The Morgan fingerprint density at radius 2 is 1.96 bits per heavy atom. The van der Waals surface area contributed by atoms with Crippen molar-refractivity contribution in [2.75, 3.05) is 0 Å². The van der Waals surface area contributed by atoms with Crippen molar-refractivity contribution in [2.45, 2.75) is 23.5 Å². The number of nitrogens with one attached hydrogen (secondary N) is 1. The SMILES string of the molecule is O=S(=O)(N[C@@H]1C[C@H]1c1c(F)cccc1Cl)c1cc2cc(F)ccc2o1. The number of hydrogen-bond acceptors (Lipinski definition) is 3. The second-order valence-corrected chi connectivity index (χ2v) is 8.01. The Hall–Kier alpha value is -1.96. The van der Waals surface area contributed by atoms with E-state index in [0.717, 1.165) is 0 Å². The van der Waals surface area contributed by atoms with Gasteiger partial charge in [0.15, 0.2) is 0 Å². The summed E-state index contributed by atoms with van der Waals surface area (Å²) in [5.74, 6) is -1.27. The van der Waals surface area contributed by atoms with Crippen molar-refractivity contribution in [2.24, 2.45) is 0 Å². The van der Waals surface area contributed by atoms with Gasteiger partial charge >= 0.3 is 0 Å². The van der Waals surface area contributed by atoms with Gasteiger partial charge in [-0.05, 0) is 36.8 Å². The minimum atomic E-state index is -3.94. The molecule has 0 radical (unpaired) electrons. The van der Waals surface area contributed by atoms with E-state index in [1.165, 1.54) is 36.4 Å². The van der Waals surface area contributed by atoms with Crippen LogP contribution in [0.25, 0.3) is 11.0 Å². The van der Waals surface area contributed by atoms with Crippen LogP contribution in [0.3, 0.4) is 0 Å². The molecular formula is C17H12ClF2NO3S. The minimum absolute atomic E-state index is 0.269. The van der Waals surface area contributed by atoms with Crippen molar-refractivity contribution in [3.05, 3.63) is 64.7 Å². The Labute approximate surface area is 147 Å². The fraction of sp³-hybridized carbons (Fsp3) is 0.176. The Morgan fingerprint density at radius 1 is 1.16 bits per heavy atom. The van der Waals surface area contributed by atoms with Crippen LogP contribution in [-0.4, -0.2) is 14.5 Å². The van der Waals surface area contributed by atoms with Crippen LogP contribution < -0.4 is 4.72 Å². The van der Waals surface area contributed by atoms with Crippen molar-refractivity contribution in [3.8, 4) is 0 Å². The fourth-order valence-electron chi connectivity index (χ4n) is 2.89. The molecule has 0 bridgehead atoms. The number of benzene rings is 2. The van der Waals surface area contributed by atoms with Crippen molar-refractivity contribution in [3.63, 3.8) is 0 Å². The number of hydrogen-bond donors (Lipinski definition) is 1. The first-order valence-corrected chi connectivity index (χ1v) is 9.36. The Morgan fingerprint density at radius 3 is 2.72 bits per heavy atom. The average Bonchev–Trinajstić information content (AvgIpc) is 3.11. The molecule has 1 heterocycles. The van der Waals surface area contributed by atoms with Crippen LogP contribution in [0.1, 0.15) is 17.9 Å². The van der Waals surface area contributed by atoms with Gasteiger partial charge in [0.1, 0.15) is 17.2 Å². The summed E-state index contributed by atoms with van der Waals surface area (Å²) in [6, 6.07) is 8.89. The third-order valence-electron chi connectivity index (χ3n) is 4.19. The van der Waals surface area contributed by atoms with Gasteiger partial charge in [0, 0.05) is 34.0 Å². The molecule has 4 nitrogen and oxygen atoms in total. The summed E-state index contributed by atoms with van der Waals surface area (Å²) < 4.78 is 59.8. The molecule has 0 amide bonds. The van der Waals surface area contributed by atoms with Gasteiger partial charge in [-0.3, -0.25) is 0 Å².